The predicted octanol–water partition coefficient (Wildman–Crippen LogP) is 3.49. The Bertz CT molecular complexity index is 917. The summed E-state index contributed by atoms with van der Waals surface area (Å²) in [5.41, 5.74) is 2.28. The van der Waals surface area contributed by atoms with Crippen LogP contribution in [-0.2, 0) is 7.05 Å². The van der Waals surface area contributed by atoms with E-state index in [1.165, 1.54) is 16.3 Å². The Balaban J connectivity index is 1.36. The van der Waals surface area contributed by atoms with Gasteiger partial charge in [-0.2, -0.15) is 0 Å². The second kappa shape index (κ2) is 6.24. The van der Waals surface area contributed by atoms with Crippen molar-refractivity contribution in [3.8, 4) is 0 Å². The van der Waals surface area contributed by atoms with Crippen LogP contribution < -0.4 is 10.6 Å². The van der Waals surface area contributed by atoms with Crippen molar-refractivity contribution in [2.45, 2.75) is 31.3 Å². The number of fused-ring (bicyclic) bond motifs is 1. The fraction of sp³-hybridized carbons (Fsp3) is 0.300. The van der Waals surface area contributed by atoms with Crippen LogP contribution >= 0.6 is 0 Å². The van der Waals surface area contributed by atoms with Gasteiger partial charge in [-0.05, 0) is 29.7 Å². The number of aromatic nitrogens is 2. The SMILES string of the molecule is CC(NC(=O)N[C@@H]1C[C@H]1c1ccc2ccccc2c1)c1cncn1C. The normalized spacial score (nSPS) is 20.2. The summed E-state index contributed by atoms with van der Waals surface area (Å²) in [6.07, 6.45) is 4.51. The summed E-state index contributed by atoms with van der Waals surface area (Å²) >= 11 is 0. The van der Waals surface area contributed by atoms with Crippen molar-refractivity contribution in [1.82, 2.24) is 20.2 Å². The molecule has 0 bridgehead atoms. The largest absolute Gasteiger partial charge is 0.336 e. The van der Waals surface area contributed by atoms with Crippen LogP contribution in [0.2, 0.25) is 0 Å². The predicted molar refractivity (Wildman–Crippen MR) is 98.4 cm³/mol. The lowest BCUT2D eigenvalue weighted by Gasteiger charge is -2.15. The number of imidazole rings is 1. The average molecular weight is 334 g/mol. The molecule has 1 aromatic heterocycles. The van der Waals surface area contributed by atoms with Crippen LogP contribution in [0.15, 0.2) is 55.0 Å². The number of hydrogen-bond donors (Lipinski definition) is 2. The minimum absolute atomic E-state index is 0.0784. The number of urea groups is 1. The van der Waals surface area contributed by atoms with Crippen LogP contribution in [0, 0.1) is 0 Å². The van der Waals surface area contributed by atoms with E-state index in [0.29, 0.717) is 5.92 Å². The molecule has 2 N–H and O–H groups in total. The second-order valence-electron chi connectivity index (χ2n) is 6.82. The van der Waals surface area contributed by atoms with Gasteiger partial charge in [0.1, 0.15) is 0 Å². The van der Waals surface area contributed by atoms with E-state index in [4.69, 9.17) is 0 Å². The summed E-state index contributed by atoms with van der Waals surface area (Å²) < 4.78 is 1.92. The van der Waals surface area contributed by atoms with Gasteiger partial charge in [-0.1, -0.05) is 42.5 Å². The highest BCUT2D eigenvalue weighted by Crippen LogP contribution is 2.41. The van der Waals surface area contributed by atoms with Crippen molar-refractivity contribution in [1.29, 1.82) is 0 Å². The Hall–Kier alpha value is -2.82. The molecule has 0 saturated heterocycles. The molecule has 1 unspecified atom stereocenters. The second-order valence-corrected chi connectivity index (χ2v) is 6.82. The number of amides is 2. The molecule has 2 aromatic carbocycles. The maximum Gasteiger partial charge on any atom is 0.315 e. The molecule has 3 aromatic rings. The van der Waals surface area contributed by atoms with Gasteiger partial charge in [0.15, 0.2) is 0 Å². The third kappa shape index (κ3) is 3.22. The van der Waals surface area contributed by atoms with Crippen LogP contribution in [0.25, 0.3) is 10.8 Å². The highest BCUT2D eigenvalue weighted by molar-refractivity contribution is 5.83. The quantitative estimate of drug-likeness (QED) is 0.767. The van der Waals surface area contributed by atoms with Crippen LogP contribution in [0.3, 0.4) is 0 Å². The van der Waals surface area contributed by atoms with Crippen LogP contribution in [0.1, 0.15) is 36.6 Å². The number of nitrogens with zero attached hydrogens (tertiary/aromatic N) is 2. The minimum Gasteiger partial charge on any atom is -0.336 e. The topological polar surface area (TPSA) is 59.0 Å². The first kappa shape index (κ1) is 15.7. The van der Waals surface area contributed by atoms with Gasteiger partial charge >= 0.3 is 6.03 Å². The van der Waals surface area contributed by atoms with Crippen LogP contribution in [0.5, 0.6) is 0 Å². The van der Waals surface area contributed by atoms with Crippen LogP contribution in [-0.4, -0.2) is 21.6 Å². The number of rotatable bonds is 4. The van der Waals surface area contributed by atoms with E-state index < -0.39 is 0 Å². The Kier molecular flexibility index (Phi) is 3.92. The molecular weight excluding hydrogens is 312 g/mol. The Labute approximate surface area is 147 Å². The molecule has 25 heavy (non-hydrogen) atoms. The molecule has 0 spiro atoms. The molecule has 1 heterocycles. The van der Waals surface area contributed by atoms with Gasteiger partial charge in [0.25, 0.3) is 0 Å². The van der Waals surface area contributed by atoms with E-state index >= 15 is 0 Å². The van der Waals surface area contributed by atoms with Crippen molar-refractivity contribution in [2.24, 2.45) is 7.05 Å². The third-order valence-electron chi connectivity index (χ3n) is 4.95. The lowest BCUT2D eigenvalue weighted by atomic mass is 10.0. The number of carbonyl (C=O) groups is 1. The summed E-state index contributed by atoms with van der Waals surface area (Å²) in [5.74, 6) is 0.405. The lowest BCUT2D eigenvalue weighted by Crippen LogP contribution is -2.39. The van der Waals surface area contributed by atoms with E-state index in [2.05, 4.69) is 58.1 Å². The summed E-state index contributed by atoms with van der Waals surface area (Å²) in [5, 5.41) is 8.57. The standard InChI is InChI=1S/C20H22N4O/c1-13(19-11-21-12-24(19)2)22-20(25)23-18-10-17(18)16-8-7-14-5-3-4-6-15(14)9-16/h3-9,11-13,17-18H,10H2,1-2H3,(H2,22,23,25)/t13?,17-,18+/m0/s1. The molecule has 5 heteroatoms. The first-order valence-electron chi connectivity index (χ1n) is 8.64. The molecule has 5 nitrogen and oxygen atoms in total. The highest BCUT2D eigenvalue weighted by Gasteiger charge is 2.39. The molecule has 0 radical (unpaired) electrons. The van der Waals surface area contributed by atoms with Gasteiger partial charge in [0.05, 0.1) is 24.3 Å². The molecule has 1 aliphatic rings. The zero-order valence-electron chi connectivity index (χ0n) is 14.4. The number of nitrogens with one attached hydrogen (secondary N) is 2. The molecule has 0 aliphatic heterocycles. The molecule has 3 atom stereocenters. The average Bonchev–Trinajstić information content (AvgIpc) is 3.23. The van der Waals surface area contributed by atoms with Gasteiger partial charge in [0, 0.05) is 19.0 Å². The number of aryl methyl sites for hydroxylation is 1. The minimum atomic E-state index is -0.123. The summed E-state index contributed by atoms with van der Waals surface area (Å²) in [7, 11) is 1.93. The highest BCUT2D eigenvalue weighted by atomic mass is 16.2. The lowest BCUT2D eigenvalue weighted by molar-refractivity contribution is 0.237. The monoisotopic (exact) mass is 334 g/mol. The summed E-state index contributed by atoms with van der Waals surface area (Å²) in [6.45, 7) is 1.96. The molecule has 1 aliphatic carbocycles. The van der Waals surface area contributed by atoms with E-state index in [0.717, 1.165) is 12.1 Å². The van der Waals surface area contributed by atoms with Gasteiger partial charge < -0.3 is 15.2 Å². The van der Waals surface area contributed by atoms with Crippen LogP contribution in [0.4, 0.5) is 4.79 Å². The fourth-order valence-electron chi connectivity index (χ4n) is 3.43. The smallest absolute Gasteiger partial charge is 0.315 e. The Morgan fingerprint density at radius 3 is 2.80 bits per heavy atom. The third-order valence-corrected chi connectivity index (χ3v) is 4.95. The molecular formula is C20H22N4O. The molecule has 1 saturated carbocycles. The Morgan fingerprint density at radius 2 is 2.04 bits per heavy atom. The van der Waals surface area contributed by atoms with E-state index in [9.17, 15) is 4.79 Å². The van der Waals surface area contributed by atoms with E-state index in [1.54, 1.807) is 12.5 Å². The summed E-state index contributed by atoms with van der Waals surface area (Å²) in [4.78, 5) is 16.3. The zero-order chi connectivity index (χ0) is 17.4. The molecule has 4 rings (SSSR count). The van der Waals surface area contributed by atoms with E-state index in [1.807, 2.05) is 18.5 Å². The van der Waals surface area contributed by atoms with Gasteiger partial charge in [0.2, 0.25) is 0 Å². The fourth-order valence-corrected chi connectivity index (χ4v) is 3.43. The molecule has 2 amide bonds. The molecule has 128 valence electrons. The Morgan fingerprint density at radius 1 is 1.24 bits per heavy atom. The molecule has 1 fully saturated rings. The van der Waals surface area contributed by atoms with Gasteiger partial charge in [-0.25, -0.2) is 9.78 Å². The van der Waals surface area contributed by atoms with Gasteiger partial charge in [-0.3, -0.25) is 0 Å². The van der Waals surface area contributed by atoms with E-state index in [-0.39, 0.29) is 18.1 Å². The first-order chi connectivity index (χ1) is 12.1. The van der Waals surface area contributed by atoms with Crippen molar-refractivity contribution in [3.63, 3.8) is 0 Å². The summed E-state index contributed by atoms with van der Waals surface area (Å²) in [6, 6.07) is 14.9. The van der Waals surface area contributed by atoms with Gasteiger partial charge in [-0.15, -0.1) is 0 Å². The van der Waals surface area contributed by atoms with Crippen molar-refractivity contribution >= 4 is 16.8 Å². The van der Waals surface area contributed by atoms with Crippen molar-refractivity contribution in [2.75, 3.05) is 0 Å². The maximum absolute atomic E-state index is 12.2. The van der Waals surface area contributed by atoms with Crippen molar-refractivity contribution < 1.29 is 4.79 Å². The maximum atomic E-state index is 12.2. The van der Waals surface area contributed by atoms with Crippen molar-refractivity contribution in [3.05, 3.63) is 66.2 Å². The number of benzene rings is 2. The number of hydrogen-bond acceptors (Lipinski definition) is 2. The number of carbonyl (C=O) groups excluding carboxylic acids is 1. The zero-order valence-corrected chi connectivity index (χ0v) is 14.4. The first-order valence-corrected chi connectivity index (χ1v) is 8.64.